The van der Waals surface area contributed by atoms with Crippen LogP contribution in [0.2, 0.25) is 0 Å². The lowest BCUT2D eigenvalue weighted by Crippen LogP contribution is -2.55. The van der Waals surface area contributed by atoms with Crippen molar-refractivity contribution in [1.29, 1.82) is 0 Å². The molecular formula is C34H48N4O7. The first-order valence-electron chi connectivity index (χ1n) is 15.0. The molecule has 0 fully saturated rings. The Morgan fingerprint density at radius 3 is 1.96 bits per heavy atom. The maximum absolute atomic E-state index is 14.3. The third-order valence-corrected chi connectivity index (χ3v) is 6.81. The second-order valence-electron chi connectivity index (χ2n) is 13.0. The Hall–Kier alpha value is -4.41. The predicted molar refractivity (Wildman–Crippen MR) is 171 cm³/mol. The average Bonchev–Trinajstić information content (AvgIpc) is 2.90. The molecule has 0 spiro atoms. The molecule has 0 aromatic heterocycles. The molecule has 3 atom stereocenters. The van der Waals surface area contributed by atoms with E-state index >= 15 is 0 Å². The summed E-state index contributed by atoms with van der Waals surface area (Å²) >= 11 is 0. The molecule has 11 heteroatoms. The Kier molecular flexibility index (Phi) is 12.7. The highest BCUT2D eigenvalue weighted by molar-refractivity contribution is 5.96. The molecule has 0 aliphatic heterocycles. The second kappa shape index (κ2) is 15.5. The van der Waals surface area contributed by atoms with Crippen molar-refractivity contribution in [3.63, 3.8) is 0 Å². The van der Waals surface area contributed by atoms with E-state index in [9.17, 15) is 24.0 Å². The number of benzene rings is 2. The molecule has 0 aliphatic carbocycles. The van der Waals surface area contributed by atoms with E-state index in [4.69, 9.17) is 15.2 Å². The maximum atomic E-state index is 14.3. The standard InChI is InChI=1S/C34H48N4O7/c1-10-38(30(41)25(20-27(35)39)37-32(43)45-34(7,8)9)28(24-18-14-15-21(2)22(24)3)29(40)36-26(31(42)44-33(4,5)6)19-23-16-12-11-13-17-23/h11-18,25-26,28H,10,19-20H2,1-9H3,(H2,35,39)(H,36,40)(H,37,43). The molecule has 2 rings (SSSR count). The lowest BCUT2D eigenvalue weighted by Gasteiger charge is -2.35. The molecule has 0 heterocycles. The molecule has 11 nitrogen and oxygen atoms in total. The van der Waals surface area contributed by atoms with E-state index in [1.165, 1.54) is 4.90 Å². The lowest BCUT2D eigenvalue weighted by molar-refractivity contribution is -0.159. The quantitative estimate of drug-likeness (QED) is 0.301. The van der Waals surface area contributed by atoms with Crippen LogP contribution < -0.4 is 16.4 Å². The van der Waals surface area contributed by atoms with Gasteiger partial charge in [0.25, 0.3) is 0 Å². The van der Waals surface area contributed by atoms with Crippen molar-refractivity contribution in [3.8, 4) is 0 Å². The summed E-state index contributed by atoms with van der Waals surface area (Å²) in [5.41, 5.74) is 6.72. The van der Waals surface area contributed by atoms with Crippen molar-refractivity contribution < 1.29 is 33.4 Å². The van der Waals surface area contributed by atoms with Crippen LogP contribution in [0.5, 0.6) is 0 Å². The summed E-state index contributed by atoms with van der Waals surface area (Å²) in [5, 5.41) is 5.29. The van der Waals surface area contributed by atoms with Gasteiger partial charge in [0.15, 0.2) is 0 Å². The van der Waals surface area contributed by atoms with Gasteiger partial charge in [-0.3, -0.25) is 14.4 Å². The van der Waals surface area contributed by atoms with Gasteiger partial charge in [0.1, 0.15) is 29.3 Å². The van der Waals surface area contributed by atoms with Gasteiger partial charge < -0.3 is 30.7 Å². The van der Waals surface area contributed by atoms with E-state index in [1.54, 1.807) is 60.6 Å². The normalized spacial score (nSPS) is 13.5. The maximum Gasteiger partial charge on any atom is 0.408 e. The number of amides is 4. The first-order valence-corrected chi connectivity index (χ1v) is 15.0. The van der Waals surface area contributed by atoms with Gasteiger partial charge in [-0.2, -0.15) is 0 Å². The van der Waals surface area contributed by atoms with Crippen molar-refractivity contribution in [2.45, 2.75) is 104 Å². The number of nitrogens with two attached hydrogens (primary N) is 1. The molecule has 246 valence electrons. The van der Waals surface area contributed by atoms with E-state index in [2.05, 4.69) is 10.6 Å². The number of aryl methyl sites for hydroxylation is 1. The van der Waals surface area contributed by atoms with Crippen LogP contribution in [0.15, 0.2) is 48.5 Å². The number of nitrogens with one attached hydrogen (secondary N) is 2. The molecule has 4 amide bonds. The Balaban J connectivity index is 2.60. The molecule has 0 aliphatic rings. The van der Waals surface area contributed by atoms with Crippen molar-refractivity contribution >= 4 is 29.8 Å². The van der Waals surface area contributed by atoms with Gasteiger partial charge in [-0.05, 0) is 84.6 Å². The fourth-order valence-corrected chi connectivity index (χ4v) is 4.70. The third kappa shape index (κ3) is 11.6. The summed E-state index contributed by atoms with van der Waals surface area (Å²) < 4.78 is 11.0. The number of hydrogen-bond acceptors (Lipinski definition) is 7. The van der Waals surface area contributed by atoms with Crippen molar-refractivity contribution in [3.05, 3.63) is 70.8 Å². The summed E-state index contributed by atoms with van der Waals surface area (Å²) in [5.74, 6) is -2.83. The van der Waals surface area contributed by atoms with Gasteiger partial charge in [-0.25, -0.2) is 9.59 Å². The molecule has 0 saturated heterocycles. The van der Waals surface area contributed by atoms with Crippen LogP contribution in [0.25, 0.3) is 0 Å². The Bertz CT molecular complexity index is 1360. The highest BCUT2D eigenvalue weighted by Gasteiger charge is 2.39. The fourth-order valence-electron chi connectivity index (χ4n) is 4.70. The highest BCUT2D eigenvalue weighted by Crippen LogP contribution is 2.28. The van der Waals surface area contributed by atoms with Gasteiger partial charge in [0.05, 0.1) is 6.42 Å². The monoisotopic (exact) mass is 624 g/mol. The number of likely N-dealkylation sites (N-methyl/N-ethyl adjacent to an activating group) is 1. The number of esters is 1. The van der Waals surface area contributed by atoms with Crippen molar-refractivity contribution in [2.75, 3.05) is 6.54 Å². The number of carbonyl (C=O) groups excluding carboxylic acids is 5. The zero-order valence-corrected chi connectivity index (χ0v) is 27.9. The first-order chi connectivity index (χ1) is 20.8. The summed E-state index contributed by atoms with van der Waals surface area (Å²) in [6.45, 7) is 15.6. The summed E-state index contributed by atoms with van der Waals surface area (Å²) in [6.07, 6.45) is -1.30. The van der Waals surface area contributed by atoms with Crippen LogP contribution in [-0.4, -0.2) is 64.5 Å². The summed E-state index contributed by atoms with van der Waals surface area (Å²) in [6, 6.07) is 10.8. The zero-order valence-electron chi connectivity index (χ0n) is 27.9. The summed E-state index contributed by atoms with van der Waals surface area (Å²) in [4.78, 5) is 67.7. The Morgan fingerprint density at radius 2 is 1.42 bits per heavy atom. The first kappa shape index (κ1) is 36.8. The topological polar surface area (TPSA) is 157 Å². The fraction of sp³-hybridized carbons (Fsp3) is 0.500. The summed E-state index contributed by atoms with van der Waals surface area (Å²) in [7, 11) is 0. The molecule has 0 radical (unpaired) electrons. The lowest BCUT2D eigenvalue weighted by atomic mass is 9.94. The minimum absolute atomic E-state index is 0.0192. The molecule has 2 aromatic rings. The number of rotatable bonds is 12. The van der Waals surface area contributed by atoms with Gasteiger partial charge in [0.2, 0.25) is 17.7 Å². The van der Waals surface area contributed by atoms with Crippen LogP contribution in [-0.2, 0) is 35.1 Å². The molecule has 45 heavy (non-hydrogen) atoms. The van der Waals surface area contributed by atoms with Crippen LogP contribution >= 0.6 is 0 Å². The number of ether oxygens (including phenoxy) is 2. The average molecular weight is 625 g/mol. The van der Waals surface area contributed by atoms with E-state index in [0.29, 0.717) is 5.56 Å². The predicted octanol–water partition coefficient (Wildman–Crippen LogP) is 4.03. The highest BCUT2D eigenvalue weighted by atomic mass is 16.6. The SMILES string of the molecule is CCN(C(=O)C(CC(N)=O)NC(=O)OC(C)(C)C)C(C(=O)NC(Cc1ccccc1)C(=O)OC(C)(C)C)c1cccc(C)c1C. The molecule has 4 N–H and O–H groups in total. The van der Waals surface area contributed by atoms with E-state index < -0.39 is 65.5 Å². The second-order valence-corrected chi connectivity index (χ2v) is 13.0. The zero-order chi connectivity index (χ0) is 34.1. The van der Waals surface area contributed by atoms with Crippen LogP contribution in [0, 0.1) is 13.8 Å². The van der Waals surface area contributed by atoms with Crippen molar-refractivity contribution in [1.82, 2.24) is 15.5 Å². The number of primary amides is 1. The molecule has 0 saturated carbocycles. The van der Waals surface area contributed by atoms with Crippen molar-refractivity contribution in [2.24, 2.45) is 5.73 Å². The van der Waals surface area contributed by atoms with E-state index in [0.717, 1.165) is 16.7 Å². The number of hydrogen-bond donors (Lipinski definition) is 3. The minimum atomic E-state index is -1.41. The minimum Gasteiger partial charge on any atom is -0.458 e. The van der Waals surface area contributed by atoms with Crippen LogP contribution in [0.1, 0.15) is 83.2 Å². The molecule has 2 aromatic carbocycles. The Morgan fingerprint density at radius 1 is 0.822 bits per heavy atom. The smallest absolute Gasteiger partial charge is 0.408 e. The largest absolute Gasteiger partial charge is 0.458 e. The van der Waals surface area contributed by atoms with Gasteiger partial charge in [0, 0.05) is 13.0 Å². The van der Waals surface area contributed by atoms with Gasteiger partial charge in [-0.1, -0.05) is 48.5 Å². The third-order valence-electron chi connectivity index (χ3n) is 6.81. The Labute approximate surface area is 266 Å². The molecule has 0 bridgehead atoms. The number of carbonyl (C=O) groups is 5. The van der Waals surface area contributed by atoms with E-state index in [-0.39, 0.29) is 13.0 Å². The number of alkyl carbamates (subject to hydrolysis) is 1. The van der Waals surface area contributed by atoms with E-state index in [1.807, 2.05) is 50.2 Å². The molecular weight excluding hydrogens is 576 g/mol. The van der Waals surface area contributed by atoms with Crippen LogP contribution in [0.4, 0.5) is 4.79 Å². The number of nitrogens with zero attached hydrogens (tertiary/aromatic N) is 1. The van der Waals surface area contributed by atoms with Gasteiger partial charge >= 0.3 is 12.1 Å². The van der Waals surface area contributed by atoms with Crippen LogP contribution in [0.3, 0.4) is 0 Å². The molecule has 3 unspecified atom stereocenters. The van der Waals surface area contributed by atoms with Gasteiger partial charge in [-0.15, -0.1) is 0 Å².